The largest absolute Gasteiger partial charge is 0.478 e. The van der Waals surface area contributed by atoms with Crippen molar-refractivity contribution in [3.63, 3.8) is 0 Å². The third-order valence-electron chi connectivity index (χ3n) is 2.63. The number of allylic oxidation sites excluding steroid dienone is 1. The van der Waals surface area contributed by atoms with Crippen molar-refractivity contribution >= 4 is 17.6 Å². The Morgan fingerprint density at radius 3 is 2.67 bits per heavy atom. The number of aromatic nitrogens is 1. The van der Waals surface area contributed by atoms with Gasteiger partial charge in [-0.1, -0.05) is 24.3 Å². The molecule has 1 aromatic carbocycles. The second kappa shape index (κ2) is 5.27. The summed E-state index contributed by atoms with van der Waals surface area (Å²) in [7, 11) is 0. The van der Waals surface area contributed by atoms with Crippen molar-refractivity contribution in [1.82, 2.24) is 4.98 Å². The first kappa shape index (κ1) is 12.0. The van der Waals surface area contributed by atoms with E-state index in [1.165, 1.54) is 0 Å². The van der Waals surface area contributed by atoms with E-state index in [-0.39, 0.29) is 0 Å². The smallest absolute Gasteiger partial charge is 0.335 e. The second-order valence-corrected chi connectivity index (χ2v) is 4.00. The monoisotopic (exact) mass is 239 g/mol. The van der Waals surface area contributed by atoms with E-state index in [9.17, 15) is 4.79 Å². The average molecular weight is 239 g/mol. The van der Waals surface area contributed by atoms with Gasteiger partial charge in [0.25, 0.3) is 0 Å². The van der Waals surface area contributed by atoms with E-state index in [1.54, 1.807) is 30.6 Å². The van der Waals surface area contributed by atoms with Gasteiger partial charge in [-0.3, -0.25) is 4.98 Å². The first-order chi connectivity index (χ1) is 8.66. The first-order valence-electron chi connectivity index (χ1n) is 5.59. The number of hydrogen-bond donors (Lipinski definition) is 1. The van der Waals surface area contributed by atoms with Gasteiger partial charge in [-0.25, -0.2) is 4.79 Å². The van der Waals surface area contributed by atoms with Crippen LogP contribution in [0.4, 0.5) is 0 Å². The zero-order valence-electron chi connectivity index (χ0n) is 10.00. The van der Waals surface area contributed by atoms with Gasteiger partial charge in [0.05, 0.1) is 5.56 Å². The van der Waals surface area contributed by atoms with Crippen LogP contribution in [0.15, 0.2) is 48.8 Å². The van der Waals surface area contributed by atoms with Crippen molar-refractivity contribution in [1.29, 1.82) is 0 Å². The van der Waals surface area contributed by atoms with Crippen LogP contribution < -0.4 is 0 Å². The number of carboxylic acid groups (broad SMARTS) is 1. The van der Waals surface area contributed by atoms with Crippen LogP contribution in [0, 0.1) is 0 Å². The maximum atomic E-state index is 10.9. The van der Waals surface area contributed by atoms with Crippen molar-refractivity contribution in [2.24, 2.45) is 0 Å². The molecule has 3 heteroatoms. The molecule has 0 spiro atoms. The minimum Gasteiger partial charge on any atom is -0.478 e. The molecule has 0 unspecified atom stereocenters. The van der Waals surface area contributed by atoms with Gasteiger partial charge >= 0.3 is 5.97 Å². The van der Waals surface area contributed by atoms with Gasteiger partial charge in [0.15, 0.2) is 0 Å². The molecule has 0 saturated heterocycles. The lowest BCUT2D eigenvalue weighted by Gasteiger charge is -2.02. The molecule has 0 aliphatic carbocycles. The van der Waals surface area contributed by atoms with Crippen molar-refractivity contribution in [3.05, 3.63) is 65.5 Å². The molecule has 1 N–H and O–H groups in total. The number of benzene rings is 1. The van der Waals surface area contributed by atoms with Crippen molar-refractivity contribution < 1.29 is 9.90 Å². The standard InChI is InChI=1S/C15H13NO2/c1-11(14-6-3-7-16-10-14)8-12-4-2-5-13(9-12)15(17)18/h2-10H,1H3,(H,17,18)/b11-8+. The third kappa shape index (κ3) is 2.83. The van der Waals surface area contributed by atoms with Crippen LogP contribution in [0.1, 0.15) is 28.4 Å². The second-order valence-electron chi connectivity index (χ2n) is 4.00. The summed E-state index contributed by atoms with van der Waals surface area (Å²) in [5.74, 6) is -0.913. The summed E-state index contributed by atoms with van der Waals surface area (Å²) in [6.07, 6.45) is 5.46. The number of carbonyl (C=O) groups is 1. The van der Waals surface area contributed by atoms with Gasteiger partial charge in [-0.15, -0.1) is 0 Å². The molecule has 3 nitrogen and oxygen atoms in total. The quantitative estimate of drug-likeness (QED) is 0.893. The lowest BCUT2D eigenvalue weighted by molar-refractivity contribution is 0.0697. The molecule has 1 heterocycles. The van der Waals surface area contributed by atoms with E-state index in [0.717, 1.165) is 16.7 Å². The van der Waals surface area contributed by atoms with Gasteiger partial charge < -0.3 is 5.11 Å². The van der Waals surface area contributed by atoms with Gasteiger partial charge in [-0.2, -0.15) is 0 Å². The van der Waals surface area contributed by atoms with Crippen LogP contribution in [0.25, 0.3) is 11.6 Å². The minimum atomic E-state index is -0.913. The molecule has 0 fully saturated rings. The number of carboxylic acids is 1. The van der Waals surface area contributed by atoms with E-state index in [2.05, 4.69) is 4.98 Å². The van der Waals surface area contributed by atoms with E-state index >= 15 is 0 Å². The predicted octanol–water partition coefficient (Wildman–Crippen LogP) is 3.34. The summed E-state index contributed by atoms with van der Waals surface area (Å²) < 4.78 is 0. The van der Waals surface area contributed by atoms with Crippen LogP contribution >= 0.6 is 0 Å². The number of hydrogen-bond acceptors (Lipinski definition) is 2. The number of rotatable bonds is 3. The fourth-order valence-corrected chi connectivity index (χ4v) is 1.69. The summed E-state index contributed by atoms with van der Waals surface area (Å²) in [5, 5.41) is 8.93. The molecule has 0 radical (unpaired) electrons. The molecule has 90 valence electrons. The Balaban J connectivity index is 2.33. The summed E-state index contributed by atoms with van der Waals surface area (Å²) in [6.45, 7) is 1.98. The third-order valence-corrected chi connectivity index (χ3v) is 2.63. The summed E-state index contributed by atoms with van der Waals surface area (Å²) >= 11 is 0. The zero-order chi connectivity index (χ0) is 13.0. The highest BCUT2D eigenvalue weighted by Crippen LogP contribution is 2.17. The van der Waals surface area contributed by atoms with Crippen molar-refractivity contribution in [3.8, 4) is 0 Å². The fourth-order valence-electron chi connectivity index (χ4n) is 1.69. The van der Waals surface area contributed by atoms with Gasteiger partial charge in [0, 0.05) is 12.4 Å². The van der Waals surface area contributed by atoms with Crippen LogP contribution in [0.3, 0.4) is 0 Å². The highest BCUT2D eigenvalue weighted by molar-refractivity contribution is 5.89. The van der Waals surface area contributed by atoms with E-state index in [1.807, 2.05) is 31.2 Å². The highest BCUT2D eigenvalue weighted by Gasteiger charge is 2.02. The Morgan fingerprint density at radius 2 is 2.00 bits per heavy atom. The minimum absolute atomic E-state index is 0.294. The summed E-state index contributed by atoms with van der Waals surface area (Å²) in [6, 6.07) is 10.7. The Bertz CT molecular complexity index is 588. The predicted molar refractivity (Wildman–Crippen MR) is 71.2 cm³/mol. The van der Waals surface area contributed by atoms with Gasteiger partial charge in [0.2, 0.25) is 0 Å². The molecule has 0 amide bonds. The van der Waals surface area contributed by atoms with Crippen LogP contribution in [0.2, 0.25) is 0 Å². The molecule has 18 heavy (non-hydrogen) atoms. The Labute approximate surface area is 105 Å². The highest BCUT2D eigenvalue weighted by atomic mass is 16.4. The normalized spacial score (nSPS) is 11.3. The molecule has 2 rings (SSSR count). The Morgan fingerprint density at radius 1 is 1.22 bits per heavy atom. The van der Waals surface area contributed by atoms with Crippen LogP contribution in [0.5, 0.6) is 0 Å². The lowest BCUT2D eigenvalue weighted by atomic mass is 10.0. The van der Waals surface area contributed by atoms with Crippen molar-refractivity contribution in [2.45, 2.75) is 6.92 Å². The molecular weight excluding hydrogens is 226 g/mol. The molecule has 0 aliphatic rings. The van der Waals surface area contributed by atoms with E-state index in [0.29, 0.717) is 5.56 Å². The molecule has 0 aliphatic heterocycles. The number of pyridine rings is 1. The molecule has 0 atom stereocenters. The number of nitrogens with zero attached hydrogens (tertiary/aromatic N) is 1. The van der Waals surface area contributed by atoms with Crippen molar-refractivity contribution in [2.75, 3.05) is 0 Å². The molecule has 0 saturated carbocycles. The van der Waals surface area contributed by atoms with E-state index in [4.69, 9.17) is 5.11 Å². The Kier molecular flexibility index (Phi) is 3.53. The molecule has 2 aromatic rings. The maximum Gasteiger partial charge on any atom is 0.335 e. The number of aromatic carboxylic acids is 1. The fraction of sp³-hybridized carbons (Fsp3) is 0.0667. The zero-order valence-corrected chi connectivity index (χ0v) is 10.00. The van der Waals surface area contributed by atoms with E-state index < -0.39 is 5.97 Å². The Hall–Kier alpha value is -2.42. The summed E-state index contributed by atoms with van der Waals surface area (Å²) in [4.78, 5) is 14.9. The molecular formula is C15H13NO2. The van der Waals surface area contributed by atoms with Crippen LogP contribution in [-0.2, 0) is 0 Å². The maximum absolute atomic E-state index is 10.9. The van der Waals surface area contributed by atoms with Gasteiger partial charge in [0.1, 0.15) is 0 Å². The lowest BCUT2D eigenvalue weighted by Crippen LogP contribution is -1.95. The van der Waals surface area contributed by atoms with Gasteiger partial charge in [-0.05, 0) is 41.8 Å². The molecule has 0 bridgehead atoms. The first-order valence-corrected chi connectivity index (χ1v) is 5.59. The topological polar surface area (TPSA) is 50.2 Å². The summed E-state index contributed by atoms with van der Waals surface area (Å²) in [5.41, 5.74) is 3.24. The molecule has 1 aromatic heterocycles. The SMILES string of the molecule is C/C(=C\c1cccc(C(=O)O)c1)c1cccnc1. The average Bonchev–Trinajstić information content (AvgIpc) is 2.40. The van der Waals surface area contributed by atoms with Crippen LogP contribution in [-0.4, -0.2) is 16.1 Å².